The smallest absolute Gasteiger partial charge is 0.240 e. The van der Waals surface area contributed by atoms with Crippen LogP contribution in [0.3, 0.4) is 0 Å². The van der Waals surface area contributed by atoms with E-state index in [0.717, 1.165) is 38.0 Å². The number of benzene rings is 2. The molecular weight excluding hydrogens is 418 g/mol. The fraction of sp³-hybridized carbons (Fsp3) is 0.273. The van der Waals surface area contributed by atoms with Crippen molar-refractivity contribution in [3.63, 3.8) is 0 Å². The molecule has 0 unspecified atom stereocenters. The quantitative estimate of drug-likeness (QED) is 0.653. The van der Waals surface area contributed by atoms with Crippen LogP contribution in [0.15, 0.2) is 47.4 Å². The first-order valence-electron chi connectivity index (χ1n) is 9.69. The molecular formula is C22H23N3O3S2. The van der Waals surface area contributed by atoms with Gasteiger partial charge in [0, 0.05) is 36.1 Å². The topological polar surface area (TPSA) is 79.4 Å². The number of thiazole rings is 1. The third-order valence-corrected chi connectivity index (χ3v) is 7.92. The summed E-state index contributed by atoms with van der Waals surface area (Å²) in [4.78, 5) is 19.1. The molecule has 0 atom stereocenters. The summed E-state index contributed by atoms with van der Waals surface area (Å²) in [6.07, 6.45) is 0.659. The van der Waals surface area contributed by atoms with E-state index < -0.39 is 10.0 Å². The Kier molecular flexibility index (Phi) is 5.48. The highest BCUT2D eigenvalue weighted by molar-refractivity contribution is 7.89. The van der Waals surface area contributed by atoms with Crippen LogP contribution in [0.4, 0.5) is 5.69 Å². The zero-order valence-corrected chi connectivity index (χ0v) is 18.7. The molecule has 1 aliphatic rings. The molecule has 6 nitrogen and oxygen atoms in total. The number of anilines is 1. The van der Waals surface area contributed by atoms with Crippen molar-refractivity contribution >= 4 is 33.0 Å². The van der Waals surface area contributed by atoms with E-state index in [2.05, 4.69) is 9.71 Å². The Labute approximate surface area is 180 Å². The third kappa shape index (κ3) is 3.90. The molecule has 1 N–H and O–H groups in total. The van der Waals surface area contributed by atoms with Crippen LogP contribution < -0.4 is 9.62 Å². The van der Waals surface area contributed by atoms with E-state index in [1.54, 1.807) is 23.1 Å². The first-order chi connectivity index (χ1) is 14.3. The zero-order valence-electron chi connectivity index (χ0n) is 17.1. The maximum atomic E-state index is 12.9. The Morgan fingerprint density at radius 1 is 1.20 bits per heavy atom. The van der Waals surface area contributed by atoms with E-state index in [1.807, 2.05) is 38.1 Å². The van der Waals surface area contributed by atoms with Crippen LogP contribution in [0.1, 0.15) is 28.6 Å². The number of hydrogen-bond acceptors (Lipinski definition) is 5. The van der Waals surface area contributed by atoms with Gasteiger partial charge in [-0.3, -0.25) is 4.79 Å². The van der Waals surface area contributed by atoms with E-state index in [1.165, 1.54) is 18.3 Å². The summed E-state index contributed by atoms with van der Waals surface area (Å²) < 4.78 is 28.4. The van der Waals surface area contributed by atoms with Crippen molar-refractivity contribution in [2.45, 2.75) is 38.6 Å². The molecule has 0 saturated carbocycles. The number of fused-ring (bicyclic) bond motifs is 1. The Morgan fingerprint density at radius 2 is 1.97 bits per heavy atom. The molecule has 2 heterocycles. The SMILES string of the molecule is CC(=O)N1CCc2cc(S(=O)(=O)NCc3sc(-c4ccccc4C)nc3C)ccc21. The lowest BCUT2D eigenvalue weighted by Gasteiger charge is -2.15. The van der Waals surface area contributed by atoms with Gasteiger partial charge < -0.3 is 4.90 Å². The Bertz CT molecular complexity index is 1230. The predicted molar refractivity (Wildman–Crippen MR) is 119 cm³/mol. The fourth-order valence-electron chi connectivity index (χ4n) is 3.64. The van der Waals surface area contributed by atoms with E-state index in [0.29, 0.717) is 13.0 Å². The van der Waals surface area contributed by atoms with Gasteiger partial charge in [0.25, 0.3) is 0 Å². The molecule has 0 fully saturated rings. The second kappa shape index (κ2) is 7.94. The molecule has 0 spiro atoms. The van der Waals surface area contributed by atoms with Crippen molar-refractivity contribution in [2.24, 2.45) is 0 Å². The first kappa shape index (κ1) is 20.7. The van der Waals surface area contributed by atoms with Crippen LogP contribution in [0, 0.1) is 13.8 Å². The minimum atomic E-state index is -3.67. The van der Waals surface area contributed by atoms with Crippen molar-refractivity contribution in [3.05, 3.63) is 64.2 Å². The average molecular weight is 442 g/mol. The second-order valence-electron chi connectivity index (χ2n) is 7.38. The summed E-state index contributed by atoms with van der Waals surface area (Å²) in [7, 11) is -3.67. The third-order valence-electron chi connectivity index (χ3n) is 5.33. The molecule has 1 amide bonds. The Hall–Kier alpha value is -2.55. The molecule has 0 bridgehead atoms. The van der Waals surface area contributed by atoms with Gasteiger partial charge in [0.2, 0.25) is 15.9 Å². The summed E-state index contributed by atoms with van der Waals surface area (Å²) in [6, 6.07) is 13.0. The van der Waals surface area contributed by atoms with Gasteiger partial charge in [-0.1, -0.05) is 24.3 Å². The summed E-state index contributed by atoms with van der Waals surface area (Å²) >= 11 is 1.50. The molecule has 0 saturated heterocycles. The van der Waals surface area contributed by atoms with E-state index >= 15 is 0 Å². The molecule has 156 valence electrons. The number of aromatic nitrogens is 1. The Balaban J connectivity index is 1.53. The number of aryl methyl sites for hydroxylation is 2. The van der Waals surface area contributed by atoms with E-state index in [9.17, 15) is 13.2 Å². The van der Waals surface area contributed by atoms with Gasteiger partial charge in [-0.25, -0.2) is 18.1 Å². The molecule has 8 heteroatoms. The largest absolute Gasteiger partial charge is 0.312 e. The molecule has 1 aliphatic heterocycles. The average Bonchev–Trinajstić information content (AvgIpc) is 3.29. The highest BCUT2D eigenvalue weighted by Crippen LogP contribution is 2.32. The van der Waals surface area contributed by atoms with Gasteiger partial charge in [0.05, 0.1) is 10.6 Å². The lowest BCUT2D eigenvalue weighted by molar-refractivity contribution is -0.116. The maximum absolute atomic E-state index is 12.9. The van der Waals surface area contributed by atoms with Gasteiger partial charge in [0.1, 0.15) is 5.01 Å². The normalized spacial score (nSPS) is 13.5. The lowest BCUT2D eigenvalue weighted by atomic mass is 10.1. The van der Waals surface area contributed by atoms with Gasteiger partial charge in [0.15, 0.2) is 0 Å². The summed E-state index contributed by atoms with van der Waals surface area (Å²) in [5, 5.41) is 0.890. The fourth-order valence-corrected chi connectivity index (χ4v) is 5.87. The molecule has 1 aromatic heterocycles. The molecule has 30 heavy (non-hydrogen) atoms. The van der Waals surface area contributed by atoms with Crippen LogP contribution >= 0.6 is 11.3 Å². The number of nitrogens with one attached hydrogen (secondary N) is 1. The second-order valence-corrected chi connectivity index (χ2v) is 10.2. The molecule has 0 aliphatic carbocycles. The van der Waals surface area contributed by atoms with Crippen LogP contribution in [0.25, 0.3) is 10.6 Å². The van der Waals surface area contributed by atoms with Gasteiger partial charge in [-0.05, 0) is 49.6 Å². The summed E-state index contributed by atoms with van der Waals surface area (Å²) in [5.74, 6) is -0.0346. The van der Waals surface area contributed by atoms with Crippen LogP contribution in [0.2, 0.25) is 0 Å². The van der Waals surface area contributed by atoms with Crippen LogP contribution in [-0.2, 0) is 27.8 Å². The molecule has 0 radical (unpaired) electrons. The number of carbonyl (C=O) groups is 1. The molecule has 3 aromatic rings. The summed E-state index contributed by atoms with van der Waals surface area (Å²) in [5.41, 5.74) is 4.70. The zero-order chi connectivity index (χ0) is 21.5. The Morgan fingerprint density at radius 3 is 2.70 bits per heavy atom. The van der Waals surface area contributed by atoms with Crippen molar-refractivity contribution in [1.29, 1.82) is 0 Å². The van der Waals surface area contributed by atoms with Crippen molar-refractivity contribution in [3.8, 4) is 10.6 Å². The summed E-state index contributed by atoms with van der Waals surface area (Å²) in [6.45, 7) is 6.23. The molecule has 2 aromatic carbocycles. The van der Waals surface area contributed by atoms with E-state index in [4.69, 9.17) is 0 Å². The molecule has 4 rings (SSSR count). The van der Waals surface area contributed by atoms with Crippen molar-refractivity contribution in [2.75, 3.05) is 11.4 Å². The van der Waals surface area contributed by atoms with Crippen molar-refractivity contribution in [1.82, 2.24) is 9.71 Å². The van der Waals surface area contributed by atoms with Crippen LogP contribution in [0.5, 0.6) is 0 Å². The van der Waals surface area contributed by atoms with Crippen LogP contribution in [-0.4, -0.2) is 25.9 Å². The standard InChI is InChI=1S/C22H23N3O3S2/c1-14-6-4-5-7-19(14)22-24-15(2)21(29-22)13-23-30(27,28)18-8-9-20-17(12-18)10-11-25(20)16(3)26/h4-9,12,23H,10-11,13H2,1-3H3. The monoisotopic (exact) mass is 441 g/mol. The number of rotatable bonds is 5. The first-order valence-corrected chi connectivity index (χ1v) is 12.0. The van der Waals surface area contributed by atoms with E-state index in [-0.39, 0.29) is 17.3 Å². The number of nitrogens with zero attached hydrogens (tertiary/aromatic N) is 2. The lowest BCUT2D eigenvalue weighted by Crippen LogP contribution is -2.26. The highest BCUT2D eigenvalue weighted by Gasteiger charge is 2.25. The number of hydrogen-bond donors (Lipinski definition) is 1. The van der Waals surface area contributed by atoms with Crippen molar-refractivity contribution < 1.29 is 13.2 Å². The number of sulfonamides is 1. The van der Waals surface area contributed by atoms with Gasteiger partial charge in [-0.15, -0.1) is 11.3 Å². The highest BCUT2D eigenvalue weighted by atomic mass is 32.2. The minimum Gasteiger partial charge on any atom is -0.312 e. The van der Waals surface area contributed by atoms with Gasteiger partial charge >= 0.3 is 0 Å². The number of amides is 1. The minimum absolute atomic E-state index is 0.0346. The predicted octanol–water partition coefficient (Wildman–Crippen LogP) is 3.81. The number of carbonyl (C=O) groups excluding carboxylic acids is 1. The van der Waals surface area contributed by atoms with Gasteiger partial charge in [-0.2, -0.15) is 0 Å². The maximum Gasteiger partial charge on any atom is 0.240 e.